The Morgan fingerprint density at radius 2 is 2.06 bits per heavy atom. The molecule has 2 rings (SSSR count). The van der Waals surface area contributed by atoms with Gasteiger partial charge in [0.25, 0.3) is 0 Å². The Bertz CT molecular complexity index is 503. The lowest BCUT2D eigenvalue weighted by molar-refractivity contribution is 0.392. The molecule has 18 heavy (non-hydrogen) atoms. The minimum absolute atomic E-state index is 0.752. The van der Waals surface area contributed by atoms with Crippen molar-refractivity contribution in [1.82, 2.24) is 5.16 Å². The van der Waals surface area contributed by atoms with Crippen LogP contribution in [0.15, 0.2) is 33.7 Å². The van der Waals surface area contributed by atoms with Gasteiger partial charge in [0.1, 0.15) is 5.76 Å². The van der Waals surface area contributed by atoms with Crippen LogP contribution in [-0.2, 0) is 6.54 Å². The van der Waals surface area contributed by atoms with E-state index in [4.69, 9.17) is 4.52 Å². The zero-order valence-corrected chi connectivity index (χ0v) is 11.8. The van der Waals surface area contributed by atoms with Crippen molar-refractivity contribution in [1.29, 1.82) is 0 Å². The number of aryl methyl sites for hydroxylation is 2. The van der Waals surface area contributed by atoms with Gasteiger partial charge in [0, 0.05) is 22.7 Å². The number of thioether (sulfide) groups is 1. The second-order valence-corrected chi connectivity index (χ2v) is 5.39. The van der Waals surface area contributed by atoms with E-state index in [9.17, 15) is 0 Å². The molecule has 1 heterocycles. The molecule has 4 heteroatoms. The monoisotopic (exact) mass is 262 g/mol. The molecule has 1 aromatic heterocycles. The fraction of sp³-hybridized carbons (Fsp3) is 0.357. The van der Waals surface area contributed by atoms with Gasteiger partial charge < -0.3 is 9.84 Å². The minimum atomic E-state index is 0.752. The van der Waals surface area contributed by atoms with E-state index in [1.54, 1.807) is 0 Å². The summed E-state index contributed by atoms with van der Waals surface area (Å²) in [6.45, 7) is 6.84. The minimum Gasteiger partial charge on any atom is -0.380 e. The largest absolute Gasteiger partial charge is 0.380 e. The third-order valence-electron chi connectivity index (χ3n) is 2.82. The van der Waals surface area contributed by atoms with E-state index in [0.717, 1.165) is 29.3 Å². The van der Waals surface area contributed by atoms with Gasteiger partial charge in [-0.15, -0.1) is 11.8 Å². The Morgan fingerprint density at radius 3 is 2.72 bits per heavy atom. The summed E-state index contributed by atoms with van der Waals surface area (Å²) < 4.78 is 5.17. The van der Waals surface area contributed by atoms with Crippen LogP contribution in [0, 0.1) is 13.8 Å². The van der Waals surface area contributed by atoms with Crippen molar-refractivity contribution in [3.05, 3.63) is 41.3 Å². The SMILES string of the molecule is CCSc1ccccc1NCc1c(C)noc1C. The van der Waals surface area contributed by atoms with Crippen LogP contribution in [0.3, 0.4) is 0 Å². The van der Waals surface area contributed by atoms with E-state index in [-0.39, 0.29) is 0 Å². The molecule has 3 nitrogen and oxygen atoms in total. The highest BCUT2D eigenvalue weighted by Gasteiger charge is 2.09. The maximum absolute atomic E-state index is 5.17. The highest BCUT2D eigenvalue weighted by molar-refractivity contribution is 7.99. The van der Waals surface area contributed by atoms with Crippen LogP contribution in [-0.4, -0.2) is 10.9 Å². The Hall–Kier alpha value is -1.42. The summed E-state index contributed by atoms with van der Waals surface area (Å²) in [5.74, 6) is 1.96. The maximum Gasteiger partial charge on any atom is 0.138 e. The zero-order valence-electron chi connectivity index (χ0n) is 11.0. The molecule has 1 aromatic carbocycles. The zero-order chi connectivity index (χ0) is 13.0. The van der Waals surface area contributed by atoms with Crippen molar-refractivity contribution < 1.29 is 4.52 Å². The quantitative estimate of drug-likeness (QED) is 0.826. The Labute approximate surface area is 112 Å². The van der Waals surface area contributed by atoms with Crippen molar-refractivity contribution in [3.8, 4) is 0 Å². The van der Waals surface area contributed by atoms with E-state index in [1.165, 1.54) is 10.6 Å². The molecule has 0 radical (unpaired) electrons. The van der Waals surface area contributed by atoms with Crippen LogP contribution < -0.4 is 5.32 Å². The first kappa shape index (κ1) is 13.0. The molecule has 0 bridgehead atoms. The molecule has 0 atom stereocenters. The first-order valence-electron chi connectivity index (χ1n) is 6.09. The maximum atomic E-state index is 5.17. The van der Waals surface area contributed by atoms with Crippen molar-refractivity contribution in [2.75, 3.05) is 11.1 Å². The Kier molecular flexibility index (Phi) is 4.31. The van der Waals surface area contributed by atoms with Crippen LogP contribution >= 0.6 is 11.8 Å². The summed E-state index contributed by atoms with van der Waals surface area (Å²) in [6.07, 6.45) is 0. The average Bonchev–Trinajstić information content (AvgIpc) is 2.69. The molecular weight excluding hydrogens is 244 g/mol. The number of rotatable bonds is 5. The predicted octanol–water partition coefficient (Wildman–Crippen LogP) is 4.02. The lowest BCUT2D eigenvalue weighted by atomic mass is 10.2. The predicted molar refractivity (Wildman–Crippen MR) is 76.1 cm³/mol. The van der Waals surface area contributed by atoms with E-state index >= 15 is 0 Å². The molecule has 0 aliphatic heterocycles. The summed E-state index contributed by atoms with van der Waals surface area (Å²) in [4.78, 5) is 1.28. The molecule has 1 N–H and O–H groups in total. The van der Waals surface area contributed by atoms with Gasteiger partial charge in [0.05, 0.1) is 5.69 Å². The number of hydrogen-bond acceptors (Lipinski definition) is 4. The van der Waals surface area contributed by atoms with Crippen molar-refractivity contribution in [2.45, 2.75) is 32.2 Å². The summed E-state index contributed by atoms with van der Waals surface area (Å²) in [6, 6.07) is 8.37. The second kappa shape index (κ2) is 5.96. The lowest BCUT2D eigenvalue weighted by Gasteiger charge is -2.10. The molecule has 96 valence electrons. The smallest absolute Gasteiger partial charge is 0.138 e. The molecule has 0 fully saturated rings. The topological polar surface area (TPSA) is 38.1 Å². The molecule has 0 amide bonds. The third kappa shape index (κ3) is 2.88. The van der Waals surface area contributed by atoms with Gasteiger partial charge in [0.2, 0.25) is 0 Å². The number of benzene rings is 1. The molecule has 2 aromatic rings. The number of hydrogen-bond donors (Lipinski definition) is 1. The lowest BCUT2D eigenvalue weighted by Crippen LogP contribution is -2.02. The Balaban J connectivity index is 2.11. The molecule has 0 saturated heterocycles. The highest BCUT2D eigenvalue weighted by atomic mass is 32.2. The summed E-state index contributed by atoms with van der Waals surface area (Å²) in [7, 11) is 0. The van der Waals surface area contributed by atoms with Crippen LogP contribution in [0.2, 0.25) is 0 Å². The van der Waals surface area contributed by atoms with Gasteiger partial charge in [-0.1, -0.05) is 24.2 Å². The molecule has 0 aliphatic rings. The number of anilines is 1. The van der Waals surface area contributed by atoms with Gasteiger partial charge >= 0.3 is 0 Å². The third-order valence-corrected chi connectivity index (χ3v) is 3.78. The summed E-state index contributed by atoms with van der Waals surface area (Å²) in [5.41, 5.74) is 3.27. The molecule has 0 spiro atoms. The first-order chi connectivity index (χ1) is 8.72. The number of para-hydroxylation sites is 1. The molecule has 0 unspecified atom stereocenters. The molecular formula is C14H18N2OS. The van der Waals surface area contributed by atoms with E-state index < -0.39 is 0 Å². The van der Waals surface area contributed by atoms with Gasteiger partial charge in [-0.25, -0.2) is 0 Å². The van der Waals surface area contributed by atoms with Crippen LogP contribution in [0.1, 0.15) is 23.9 Å². The van der Waals surface area contributed by atoms with E-state index in [1.807, 2.05) is 25.6 Å². The van der Waals surface area contributed by atoms with Crippen molar-refractivity contribution in [2.24, 2.45) is 0 Å². The fourth-order valence-electron chi connectivity index (χ4n) is 1.83. The summed E-state index contributed by atoms with van der Waals surface area (Å²) in [5, 5.41) is 7.43. The second-order valence-electron chi connectivity index (χ2n) is 4.09. The van der Waals surface area contributed by atoms with Crippen molar-refractivity contribution in [3.63, 3.8) is 0 Å². The first-order valence-corrected chi connectivity index (χ1v) is 7.08. The van der Waals surface area contributed by atoms with Crippen LogP contribution in [0.5, 0.6) is 0 Å². The van der Waals surface area contributed by atoms with Crippen LogP contribution in [0.25, 0.3) is 0 Å². The van der Waals surface area contributed by atoms with Crippen molar-refractivity contribution >= 4 is 17.4 Å². The molecule has 0 aliphatic carbocycles. The van der Waals surface area contributed by atoms with Gasteiger partial charge in [0.15, 0.2) is 0 Å². The fourth-order valence-corrected chi connectivity index (χ4v) is 2.61. The average molecular weight is 262 g/mol. The van der Waals surface area contributed by atoms with Crippen LogP contribution in [0.4, 0.5) is 5.69 Å². The van der Waals surface area contributed by atoms with E-state index in [0.29, 0.717) is 0 Å². The molecule has 0 saturated carbocycles. The number of aromatic nitrogens is 1. The number of nitrogens with one attached hydrogen (secondary N) is 1. The normalized spacial score (nSPS) is 10.6. The highest BCUT2D eigenvalue weighted by Crippen LogP contribution is 2.27. The number of nitrogens with zero attached hydrogens (tertiary/aromatic N) is 1. The Morgan fingerprint density at radius 1 is 1.28 bits per heavy atom. The standard InChI is InChI=1S/C14H18N2OS/c1-4-18-14-8-6-5-7-13(14)15-9-12-10(2)16-17-11(12)3/h5-8,15H,4,9H2,1-3H3. The van der Waals surface area contributed by atoms with Gasteiger partial charge in [-0.3, -0.25) is 0 Å². The van der Waals surface area contributed by atoms with E-state index in [2.05, 4.69) is 41.7 Å². The summed E-state index contributed by atoms with van der Waals surface area (Å²) >= 11 is 1.85. The van der Waals surface area contributed by atoms with Gasteiger partial charge in [-0.2, -0.15) is 0 Å². The van der Waals surface area contributed by atoms with Gasteiger partial charge in [-0.05, 0) is 31.7 Å².